The molecule has 0 saturated carbocycles. The van der Waals surface area contributed by atoms with Crippen LogP contribution in [-0.2, 0) is 9.59 Å². The minimum atomic E-state index is -0.672. The first-order chi connectivity index (χ1) is 19.3. The molecule has 0 aromatic heterocycles. The molecule has 8 heteroatoms. The van der Waals surface area contributed by atoms with Crippen LogP contribution in [0.15, 0.2) is 11.8 Å². The van der Waals surface area contributed by atoms with Gasteiger partial charge in [0.15, 0.2) is 0 Å². The Kier molecular flexibility index (Phi) is 21.8. The zero-order valence-corrected chi connectivity index (χ0v) is 25.6. The van der Waals surface area contributed by atoms with E-state index >= 15 is 0 Å². The number of carboxylic acids is 2. The van der Waals surface area contributed by atoms with E-state index in [1.807, 2.05) is 6.92 Å². The fourth-order valence-corrected chi connectivity index (χ4v) is 5.66. The van der Waals surface area contributed by atoms with Crippen LogP contribution >= 0.6 is 0 Å². The second-order valence-corrected chi connectivity index (χ2v) is 12.0. The van der Waals surface area contributed by atoms with Gasteiger partial charge in [0.1, 0.15) is 0 Å². The Hall–Kier alpha value is -1.64. The van der Waals surface area contributed by atoms with E-state index in [1.54, 1.807) is 6.08 Å². The number of hydrogen-bond acceptors (Lipinski definition) is 6. The maximum atomic E-state index is 10.3. The van der Waals surface area contributed by atoms with Crippen molar-refractivity contribution in [3.8, 4) is 0 Å². The molecule has 3 aliphatic heterocycles. The number of unbranched alkanes of at least 4 members (excludes halogenated alkanes) is 4. The minimum absolute atomic E-state index is 0.323. The molecule has 4 unspecified atom stereocenters. The fourth-order valence-electron chi connectivity index (χ4n) is 5.66. The number of allylic oxidation sites excluding steroid dienone is 2. The minimum Gasteiger partial charge on any atom is -0.513 e. The molecule has 0 radical (unpaired) electrons. The van der Waals surface area contributed by atoms with Gasteiger partial charge in [0, 0.05) is 37.4 Å². The van der Waals surface area contributed by atoms with Crippen LogP contribution in [0.3, 0.4) is 0 Å². The second-order valence-electron chi connectivity index (χ2n) is 12.0. The molecule has 40 heavy (non-hydrogen) atoms. The number of carbonyl (C=O) groups is 2. The van der Waals surface area contributed by atoms with Crippen LogP contribution in [0.2, 0.25) is 0 Å². The molecular formula is C32H61N3O5. The van der Waals surface area contributed by atoms with E-state index in [0.29, 0.717) is 30.7 Å². The number of carboxylic acid groups (broad SMARTS) is 2. The number of piperidine rings is 1. The van der Waals surface area contributed by atoms with Crippen LogP contribution in [0.1, 0.15) is 136 Å². The third kappa shape index (κ3) is 21.2. The summed E-state index contributed by atoms with van der Waals surface area (Å²) in [7, 11) is 0. The highest BCUT2D eigenvalue weighted by atomic mass is 16.4. The maximum Gasteiger partial charge on any atom is 0.303 e. The van der Waals surface area contributed by atoms with Crippen LogP contribution in [0.4, 0.5) is 0 Å². The molecule has 0 aromatic rings. The Labute approximate surface area is 244 Å². The summed E-state index contributed by atoms with van der Waals surface area (Å²) < 4.78 is 0. The molecule has 234 valence electrons. The molecule has 3 saturated heterocycles. The van der Waals surface area contributed by atoms with Gasteiger partial charge in [-0.1, -0.05) is 32.6 Å². The Morgan fingerprint density at radius 1 is 0.650 bits per heavy atom. The lowest BCUT2D eigenvalue weighted by Gasteiger charge is -2.27. The lowest BCUT2D eigenvalue weighted by Crippen LogP contribution is -2.37. The average molecular weight is 568 g/mol. The standard InChI is InChI=1S/C12H23NO.C11H21NO2.C9H17NO2/c1-2-12(14)9-5-3-4-7-11-8-6-10-13-11;1-9-6-7-10(12-8-9)4-2-3-5-11(13)14;11-9(12)6-2-1-4-8-5-3-7-10-8/h2,11,13-14H,3-10H2,1H3;9-10,12H,2-8H2,1H3,(H,13,14);8,10H,1-7H2,(H,11,12)/b12-2+;;. The number of nitrogens with one attached hydrogen (secondary N) is 3. The first-order valence-corrected chi connectivity index (χ1v) is 16.3. The van der Waals surface area contributed by atoms with Crippen molar-refractivity contribution in [3.63, 3.8) is 0 Å². The van der Waals surface area contributed by atoms with Gasteiger partial charge in [0.25, 0.3) is 0 Å². The van der Waals surface area contributed by atoms with Crippen molar-refractivity contribution in [2.24, 2.45) is 5.92 Å². The van der Waals surface area contributed by atoms with E-state index in [4.69, 9.17) is 10.2 Å². The molecule has 8 nitrogen and oxygen atoms in total. The van der Waals surface area contributed by atoms with Gasteiger partial charge >= 0.3 is 11.9 Å². The summed E-state index contributed by atoms with van der Waals surface area (Å²) in [6, 6.07) is 2.09. The zero-order valence-electron chi connectivity index (χ0n) is 25.6. The summed E-state index contributed by atoms with van der Waals surface area (Å²) in [6.07, 6.45) is 22.1. The smallest absolute Gasteiger partial charge is 0.303 e. The Bertz CT molecular complexity index is 667. The quantitative estimate of drug-likeness (QED) is 0.0914. The largest absolute Gasteiger partial charge is 0.513 e. The Balaban J connectivity index is 0.000000301. The third-order valence-corrected chi connectivity index (χ3v) is 8.29. The summed E-state index contributed by atoms with van der Waals surface area (Å²) in [6.45, 7) is 7.64. The normalized spacial score (nSPS) is 24.5. The topological polar surface area (TPSA) is 131 Å². The van der Waals surface area contributed by atoms with E-state index in [0.717, 1.165) is 76.4 Å². The van der Waals surface area contributed by atoms with Crippen molar-refractivity contribution in [2.45, 2.75) is 154 Å². The van der Waals surface area contributed by atoms with Gasteiger partial charge in [-0.15, -0.1) is 0 Å². The van der Waals surface area contributed by atoms with Crippen molar-refractivity contribution in [1.82, 2.24) is 16.0 Å². The first-order valence-electron chi connectivity index (χ1n) is 16.3. The molecule has 0 amide bonds. The molecule has 3 heterocycles. The van der Waals surface area contributed by atoms with Crippen molar-refractivity contribution in [1.29, 1.82) is 0 Å². The highest BCUT2D eigenvalue weighted by molar-refractivity contribution is 5.66. The van der Waals surface area contributed by atoms with Gasteiger partial charge in [-0.05, 0) is 116 Å². The van der Waals surface area contributed by atoms with Gasteiger partial charge in [-0.25, -0.2) is 0 Å². The molecule has 4 atom stereocenters. The Morgan fingerprint density at radius 2 is 1.12 bits per heavy atom. The van der Waals surface area contributed by atoms with Crippen molar-refractivity contribution in [2.75, 3.05) is 19.6 Å². The SMILES string of the molecule is C/C=C(/O)CCCCCC1CCCN1.CC1CCC(CCCCC(=O)O)NC1.O=C(O)CCCCC1CCCN1. The van der Waals surface area contributed by atoms with E-state index in [-0.39, 0.29) is 0 Å². The van der Waals surface area contributed by atoms with Gasteiger partial charge in [-0.3, -0.25) is 9.59 Å². The number of aliphatic hydroxyl groups is 1. The van der Waals surface area contributed by atoms with Crippen molar-refractivity contribution >= 4 is 11.9 Å². The second kappa shape index (κ2) is 24.0. The number of rotatable bonds is 16. The summed E-state index contributed by atoms with van der Waals surface area (Å²) in [5, 5.41) is 36.5. The molecule has 3 fully saturated rings. The zero-order chi connectivity index (χ0) is 29.4. The molecule has 6 N–H and O–H groups in total. The number of hydrogen-bond donors (Lipinski definition) is 6. The van der Waals surface area contributed by atoms with Crippen LogP contribution in [0.25, 0.3) is 0 Å². The lowest BCUT2D eigenvalue weighted by atomic mass is 9.93. The first kappa shape index (κ1) is 36.4. The summed E-state index contributed by atoms with van der Waals surface area (Å²) >= 11 is 0. The molecule has 3 aliphatic rings. The predicted octanol–water partition coefficient (Wildman–Crippen LogP) is 6.55. The van der Waals surface area contributed by atoms with Gasteiger partial charge in [0.05, 0.1) is 5.76 Å². The third-order valence-electron chi connectivity index (χ3n) is 8.29. The highest BCUT2D eigenvalue weighted by Crippen LogP contribution is 2.18. The van der Waals surface area contributed by atoms with Crippen LogP contribution in [-0.4, -0.2) is 65.0 Å². The maximum absolute atomic E-state index is 10.3. The van der Waals surface area contributed by atoms with Gasteiger partial charge in [0.2, 0.25) is 0 Å². The summed E-state index contributed by atoms with van der Waals surface area (Å²) in [4.78, 5) is 20.5. The highest BCUT2D eigenvalue weighted by Gasteiger charge is 2.17. The van der Waals surface area contributed by atoms with E-state index in [9.17, 15) is 14.7 Å². The molecule has 0 bridgehead atoms. The number of aliphatic hydroxyl groups excluding tert-OH is 1. The van der Waals surface area contributed by atoms with Crippen molar-refractivity contribution in [3.05, 3.63) is 11.8 Å². The van der Waals surface area contributed by atoms with E-state index in [1.165, 1.54) is 64.3 Å². The van der Waals surface area contributed by atoms with Gasteiger partial charge in [-0.2, -0.15) is 0 Å². The van der Waals surface area contributed by atoms with E-state index < -0.39 is 11.9 Å². The molecule has 0 aromatic carbocycles. The number of aliphatic carboxylic acids is 2. The lowest BCUT2D eigenvalue weighted by molar-refractivity contribution is -0.138. The average Bonchev–Trinajstić information content (AvgIpc) is 3.65. The van der Waals surface area contributed by atoms with E-state index in [2.05, 4.69) is 22.9 Å². The van der Waals surface area contributed by atoms with Crippen LogP contribution < -0.4 is 16.0 Å². The van der Waals surface area contributed by atoms with Crippen LogP contribution in [0.5, 0.6) is 0 Å². The monoisotopic (exact) mass is 567 g/mol. The Morgan fingerprint density at radius 3 is 1.52 bits per heavy atom. The predicted molar refractivity (Wildman–Crippen MR) is 164 cm³/mol. The molecule has 0 aliphatic carbocycles. The fraction of sp³-hybridized carbons (Fsp3) is 0.875. The molecule has 3 rings (SSSR count). The molecule has 0 spiro atoms. The van der Waals surface area contributed by atoms with Crippen molar-refractivity contribution < 1.29 is 24.9 Å². The molecular weight excluding hydrogens is 506 g/mol. The van der Waals surface area contributed by atoms with Crippen LogP contribution in [0, 0.1) is 5.92 Å². The van der Waals surface area contributed by atoms with Gasteiger partial charge < -0.3 is 31.3 Å². The summed E-state index contributed by atoms with van der Waals surface area (Å²) in [5.74, 6) is 0.0128. The summed E-state index contributed by atoms with van der Waals surface area (Å²) in [5.41, 5.74) is 0.